The molecule has 4 nitrogen and oxygen atoms in total. The van der Waals surface area contributed by atoms with Crippen LogP contribution in [0, 0.1) is 0 Å². The number of para-hydroxylation sites is 2. The van der Waals surface area contributed by atoms with E-state index in [0.29, 0.717) is 0 Å². The van der Waals surface area contributed by atoms with E-state index in [1.165, 1.54) is 11.1 Å². The summed E-state index contributed by atoms with van der Waals surface area (Å²) in [5.74, 6) is 0.469. The molecule has 0 aliphatic heterocycles. The predicted octanol–water partition coefficient (Wildman–Crippen LogP) is 9.63. The maximum Gasteiger partial charge on any atom is 0.117 e. The second kappa shape index (κ2) is 11.7. The van der Waals surface area contributed by atoms with Crippen molar-refractivity contribution in [2.75, 3.05) is 9.80 Å². The van der Waals surface area contributed by atoms with Gasteiger partial charge in [0.1, 0.15) is 11.5 Å². The van der Waals surface area contributed by atoms with Gasteiger partial charge in [0.2, 0.25) is 0 Å². The first-order valence-electron chi connectivity index (χ1n) is 13.6. The number of hydrogen-bond acceptors (Lipinski definition) is 4. The van der Waals surface area contributed by atoms with Gasteiger partial charge in [-0.2, -0.15) is 0 Å². The van der Waals surface area contributed by atoms with Gasteiger partial charge in [0.15, 0.2) is 0 Å². The maximum atomic E-state index is 10.1. The van der Waals surface area contributed by atoms with E-state index in [9.17, 15) is 10.2 Å². The van der Waals surface area contributed by atoms with Crippen LogP contribution in [0.5, 0.6) is 11.5 Å². The molecule has 2 N–H and O–H groups in total. The summed E-state index contributed by atoms with van der Waals surface area (Å²) in [6, 6.07) is 52.1. The van der Waals surface area contributed by atoms with Crippen LogP contribution in [0.3, 0.4) is 0 Å². The van der Waals surface area contributed by atoms with Crippen molar-refractivity contribution >= 4 is 34.1 Å². The van der Waals surface area contributed by atoms with E-state index >= 15 is 0 Å². The summed E-state index contributed by atoms with van der Waals surface area (Å²) in [7, 11) is 0. The molecule has 0 aromatic heterocycles. The smallest absolute Gasteiger partial charge is 0.117 e. The van der Waals surface area contributed by atoms with Crippen molar-refractivity contribution in [2.45, 2.75) is 6.42 Å². The summed E-state index contributed by atoms with van der Waals surface area (Å²) >= 11 is 0. The molecule has 0 heterocycles. The Morgan fingerprint density at radius 1 is 0.341 bits per heavy atom. The highest BCUT2D eigenvalue weighted by Crippen LogP contribution is 2.37. The minimum Gasteiger partial charge on any atom is -0.508 e. The van der Waals surface area contributed by atoms with E-state index in [0.717, 1.165) is 40.5 Å². The Balaban J connectivity index is 1.25. The van der Waals surface area contributed by atoms with Crippen molar-refractivity contribution in [3.63, 3.8) is 0 Å². The molecular formula is C37H30N2O2. The van der Waals surface area contributed by atoms with Gasteiger partial charge in [-0.05, 0) is 90.3 Å². The van der Waals surface area contributed by atoms with Crippen molar-refractivity contribution in [3.8, 4) is 11.5 Å². The van der Waals surface area contributed by atoms with Crippen LogP contribution in [0.1, 0.15) is 11.1 Å². The molecule has 0 spiro atoms. The van der Waals surface area contributed by atoms with Crippen LogP contribution in [0.4, 0.5) is 34.1 Å². The maximum absolute atomic E-state index is 10.1. The molecule has 6 rings (SSSR count). The Kier molecular flexibility index (Phi) is 7.37. The number of phenols is 2. The van der Waals surface area contributed by atoms with Crippen molar-refractivity contribution in [1.82, 2.24) is 0 Å². The second-order valence-corrected chi connectivity index (χ2v) is 9.89. The van der Waals surface area contributed by atoms with Gasteiger partial charge in [-0.15, -0.1) is 0 Å². The number of rotatable bonds is 8. The summed E-state index contributed by atoms with van der Waals surface area (Å²) in [6.45, 7) is 0. The van der Waals surface area contributed by atoms with Crippen LogP contribution in [0.15, 0.2) is 158 Å². The second-order valence-electron chi connectivity index (χ2n) is 9.89. The SMILES string of the molecule is Oc1cccc(N(c2ccccc2)c2ccc(Cc3ccc(N(c4ccccc4)c4cccc(O)c4)cc3)cc2)c1. The fourth-order valence-electron chi connectivity index (χ4n) is 5.07. The summed E-state index contributed by atoms with van der Waals surface area (Å²) in [5, 5.41) is 20.2. The molecule has 0 bridgehead atoms. The van der Waals surface area contributed by atoms with Gasteiger partial charge in [0.05, 0.1) is 0 Å². The number of benzene rings is 6. The third-order valence-corrected chi connectivity index (χ3v) is 7.00. The highest BCUT2D eigenvalue weighted by atomic mass is 16.3. The third-order valence-electron chi connectivity index (χ3n) is 7.00. The Bertz CT molecular complexity index is 1590. The molecule has 0 aliphatic rings. The lowest BCUT2D eigenvalue weighted by molar-refractivity contribution is 0.475. The van der Waals surface area contributed by atoms with Crippen LogP contribution < -0.4 is 9.80 Å². The minimum atomic E-state index is 0.235. The van der Waals surface area contributed by atoms with Crippen molar-refractivity contribution < 1.29 is 10.2 Å². The van der Waals surface area contributed by atoms with E-state index < -0.39 is 0 Å². The first-order chi connectivity index (χ1) is 20.1. The minimum absolute atomic E-state index is 0.235. The van der Waals surface area contributed by atoms with Crippen LogP contribution in [-0.4, -0.2) is 10.2 Å². The number of phenolic OH excluding ortho intramolecular Hbond substituents is 2. The van der Waals surface area contributed by atoms with Crippen LogP contribution in [-0.2, 0) is 6.42 Å². The highest BCUT2D eigenvalue weighted by molar-refractivity contribution is 5.78. The summed E-state index contributed by atoms with van der Waals surface area (Å²) in [5.41, 5.74) is 8.29. The molecule has 0 amide bonds. The van der Waals surface area contributed by atoms with E-state index in [1.807, 2.05) is 60.7 Å². The lowest BCUT2D eigenvalue weighted by atomic mass is 10.0. The van der Waals surface area contributed by atoms with Gasteiger partial charge in [0, 0.05) is 46.3 Å². The van der Waals surface area contributed by atoms with Gasteiger partial charge >= 0.3 is 0 Å². The molecule has 0 fully saturated rings. The molecule has 41 heavy (non-hydrogen) atoms. The monoisotopic (exact) mass is 534 g/mol. The molecule has 0 unspecified atom stereocenters. The van der Waals surface area contributed by atoms with E-state index in [2.05, 4.69) is 82.6 Å². The van der Waals surface area contributed by atoms with Gasteiger partial charge in [-0.1, -0.05) is 72.8 Å². The molecule has 0 saturated heterocycles. The first-order valence-corrected chi connectivity index (χ1v) is 13.6. The average Bonchev–Trinajstić information content (AvgIpc) is 3.00. The topological polar surface area (TPSA) is 46.9 Å². The zero-order chi connectivity index (χ0) is 28.0. The van der Waals surface area contributed by atoms with Crippen LogP contribution >= 0.6 is 0 Å². The fourth-order valence-corrected chi connectivity index (χ4v) is 5.07. The lowest BCUT2D eigenvalue weighted by Gasteiger charge is -2.26. The number of nitrogens with zero attached hydrogens (tertiary/aromatic N) is 2. The van der Waals surface area contributed by atoms with Crippen LogP contribution in [0.25, 0.3) is 0 Å². The van der Waals surface area contributed by atoms with Crippen molar-refractivity contribution in [3.05, 3.63) is 169 Å². The van der Waals surface area contributed by atoms with Crippen molar-refractivity contribution in [2.24, 2.45) is 0 Å². The number of aromatic hydroxyl groups is 2. The summed E-state index contributed by atoms with van der Waals surface area (Å²) in [4.78, 5) is 4.27. The van der Waals surface area contributed by atoms with E-state index in [1.54, 1.807) is 24.3 Å². The first kappa shape index (κ1) is 25.8. The Morgan fingerprint density at radius 2 is 0.683 bits per heavy atom. The van der Waals surface area contributed by atoms with E-state index in [4.69, 9.17) is 0 Å². The molecule has 0 radical (unpaired) electrons. The zero-order valence-corrected chi connectivity index (χ0v) is 22.5. The summed E-state index contributed by atoms with van der Waals surface area (Å²) < 4.78 is 0. The third kappa shape index (κ3) is 5.92. The Morgan fingerprint density at radius 3 is 1.05 bits per heavy atom. The number of anilines is 6. The Labute approximate surface area is 240 Å². The van der Waals surface area contributed by atoms with Gasteiger partial charge in [-0.3, -0.25) is 0 Å². The molecule has 0 saturated carbocycles. The van der Waals surface area contributed by atoms with Gasteiger partial charge in [-0.25, -0.2) is 0 Å². The fraction of sp³-hybridized carbons (Fsp3) is 0.0270. The van der Waals surface area contributed by atoms with E-state index in [-0.39, 0.29) is 11.5 Å². The highest BCUT2D eigenvalue weighted by Gasteiger charge is 2.14. The molecular weight excluding hydrogens is 504 g/mol. The standard InChI is InChI=1S/C37H30N2O2/c40-36-15-7-13-34(26-36)38(30-9-3-1-4-10-30)32-21-17-28(18-22-32)25-29-19-23-33(24-20-29)39(31-11-5-2-6-12-31)35-14-8-16-37(41)27-35/h1-24,26-27,40-41H,25H2. The molecule has 6 aromatic rings. The van der Waals surface area contributed by atoms with Gasteiger partial charge in [0.25, 0.3) is 0 Å². The largest absolute Gasteiger partial charge is 0.508 e. The molecule has 4 heteroatoms. The summed E-state index contributed by atoms with van der Waals surface area (Å²) in [6.07, 6.45) is 0.801. The van der Waals surface area contributed by atoms with Crippen molar-refractivity contribution in [1.29, 1.82) is 0 Å². The zero-order valence-electron chi connectivity index (χ0n) is 22.5. The Hall–Kier alpha value is -5.48. The lowest BCUT2D eigenvalue weighted by Crippen LogP contribution is -2.10. The predicted molar refractivity (Wildman–Crippen MR) is 168 cm³/mol. The molecule has 200 valence electrons. The molecule has 6 aromatic carbocycles. The van der Waals surface area contributed by atoms with Gasteiger partial charge < -0.3 is 20.0 Å². The average molecular weight is 535 g/mol. The normalized spacial score (nSPS) is 10.7. The molecule has 0 aliphatic carbocycles. The molecule has 0 atom stereocenters. The quantitative estimate of drug-likeness (QED) is 0.204. The van der Waals surface area contributed by atoms with Crippen LogP contribution in [0.2, 0.25) is 0 Å². The number of hydrogen-bond donors (Lipinski definition) is 2.